The van der Waals surface area contributed by atoms with Crippen LogP contribution in [0.4, 0.5) is 0 Å². The van der Waals surface area contributed by atoms with E-state index in [1.165, 1.54) is 0 Å². The summed E-state index contributed by atoms with van der Waals surface area (Å²) < 4.78 is 0. The summed E-state index contributed by atoms with van der Waals surface area (Å²) in [5, 5.41) is 1.57. The Morgan fingerprint density at radius 2 is 0.958 bits per heavy atom. The Morgan fingerprint density at radius 1 is 0.750 bits per heavy atom. The molecule has 0 aliphatic heterocycles. The Labute approximate surface area is 172 Å². The van der Waals surface area contributed by atoms with Crippen LogP contribution in [0.3, 0.4) is 0 Å². The fourth-order valence-corrected chi connectivity index (χ4v) is 1.77. The van der Waals surface area contributed by atoms with E-state index in [0.29, 0.717) is 0 Å². The van der Waals surface area contributed by atoms with E-state index >= 15 is 0 Å². The second-order valence-electron chi connectivity index (χ2n) is 6.30. The van der Waals surface area contributed by atoms with E-state index in [1.807, 2.05) is 41.5 Å². The monoisotopic (exact) mass is 519 g/mol. The van der Waals surface area contributed by atoms with Gasteiger partial charge in [0, 0.05) is 8.80 Å². The van der Waals surface area contributed by atoms with Gasteiger partial charge in [-0.15, -0.1) is 18.1 Å². The van der Waals surface area contributed by atoms with Gasteiger partial charge in [-0.1, -0.05) is 73.9 Å². The van der Waals surface area contributed by atoms with E-state index < -0.39 is 8.80 Å². The predicted octanol–water partition coefficient (Wildman–Crippen LogP) is 6.61. The maximum atomic E-state index is 6.83. The van der Waals surface area contributed by atoms with Crippen molar-refractivity contribution in [2.75, 3.05) is 0 Å². The molecule has 0 heterocycles. The summed E-state index contributed by atoms with van der Waals surface area (Å²) >= 11 is 0. The zero-order valence-corrected chi connectivity index (χ0v) is 22.0. The summed E-state index contributed by atoms with van der Waals surface area (Å²) in [5.41, 5.74) is 20.5. The second-order valence-corrected chi connectivity index (χ2v) is 9.28. The van der Waals surface area contributed by atoms with Crippen molar-refractivity contribution in [1.29, 1.82) is 0 Å². The Morgan fingerprint density at radius 3 is 1.04 bits per heavy atom. The molecule has 1 aromatic rings. The molecule has 0 aromatic heterocycles. The van der Waals surface area contributed by atoms with Crippen LogP contribution in [0.1, 0.15) is 60.8 Å². The van der Waals surface area contributed by atoms with Crippen LogP contribution in [0.5, 0.6) is 0 Å². The molecule has 0 aliphatic carbocycles. The smallest absolute Gasteiger partial charge is 0.675 e. The van der Waals surface area contributed by atoms with Crippen molar-refractivity contribution in [3.8, 4) is 0 Å². The van der Waals surface area contributed by atoms with Gasteiger partial charge in [0.15, 0.2) is 0 Å². The standard InChI is InChI=1S/C7H11Si.3C4H10N.Hf/c1-8(2)7-5-3-4-6-7;3*1-3-4(2)5;/h3-6,8H,1-2H3;3*4-5H,3H2,1-2H3;/q4*-1;+4. The Balaban J connectivity index is -0.000000113. The number of hydrogen-bond acceptors (Lipinski definition) is 0. The zero-order valence-electron chi connectivity index (χ0n) is 17.2. The predicted molar refractivity (Wildman–Crippen MR) is 113 cm³/mol. The molecule has 3 unspecified atom stereocenters. The van der Waals surface area contributed by atoms with Crippen LogP contribution in [-0.2, 0) is 25.8 Å². The van der Waals surface area contributed by atoms with Gasteiger partial charge in [0.1, 0.15) is 0 Å². The fraction of sp³-hybridized carbons (Fsp3) is 0.737. The summed E-state index contributed by atoms with van der Waals surface area (Å²) in [7, 11) is -0.480. The maximum Gasteiger partial charge on any atom is 4.00 e. The molecule has 0 radical (unpaired) electrons. The maximum absolute atomic E-state index is 6.83. The van der Waals surface area contributed by atoms with Gasteiger partial charge in [-0.3, -0.25) is 0 Å². The van der Waals surface area contributed by atoms with Gasteiger partial charge in [-0.25, -0.2) is 12.1 Å². The molecule has 0 bridgehead atoms. The van der Waals surface area contributed by atoms with E-state index in [9.17, 15) is 0 Å². The first-order valence-electron chi connectivity index (χ1n) is 8.96. The van der Waals surface area contributed by atoms with Gasteiger partial charge >= 0.3 is 25.8 Å². The summed E-state index contributed by atoms with van der Waals surface area (Å²) in [5.74, 6) is 0. The third-order valence-corrected chi connectivity index (χ3v) is 4.91. The SMILES string of the molecule is CCC(C)[NH-].CCC(C)[NH-].CCC(C)[NH-].C[SiH](C)[c-]1cccc1.[Hf+4]. The average Bonchev–Trinajstić information content (AvgIpc) is 3.03. The van der Waals surface area contributed by atoms with Gasteiger partial charge < -0.3 is 17.2 Å². The Hall–Kier alpha value is 0.317. The summed E-state index contributed by atoms with van der Waals surface area (Å²) in [6.07, 6.45) is 2.92. The van der Waals surface area contributed by atoms with E-state index in [1.54, 1.807) is 5.19 Å². The van der Waals surface area contributed by atoms with Crippen molar-refractivity contribution in [3.05, 3.63) is 41.5 Å². The summed E-state index contributed by atoms with van der Waals surface area (Å²) in [6.45, 7) is 16.4. The minimum absolute atomic E-state index is 0. The van der Waals surface area contributed by atoms with Crippen LogP contribution in [0.2, 0.25) is 13.1 Å². The molecule has 0 amide bonds. The molecule has 5 heteroatoms. The molecule has 0 saturated heterocycles. The van der Waals surface area contributed by atoms with Crippen molar-refractivity contribution in [1.82, 2.24) is 0 Å². The van der Waals surface area contributed by atoms with E-state index in [4.69, 9.17) is 17.2 Å². The van der Waals surface area contributed by atoms with E-state index in [0.717, 1.165) is 19.3 Å². The molecule has 3 N–H and O–H groups in total. The van der Waals surface area contributed by atoms with Crippen molar-refractivity contribution in [3.63, 3.8) is 0 Å². The number of rotatable bonds is 4. The van der Waals surface area contributed by atoms with Crippen LogP contribution in [-0.4, -0.2) is 26.9 Å². The molecule has 3 atom stereocenters. The first kappa shape index (κ1) is 32.0. The molecule has 1 rings (SSSR count). The quantitative estimate of drug-likeness (QED) is 0.318. The third-order valence-electron chi connectivity index (χ3n) is 3.19. The van der Waals surface area contributed by atoms with Crippen molar-refractivity contribution >= 4 is 14.0 Å². The molecule has 0 aliphatic rings. The molecule has 3 nitrogen and oxygen atoms in total. The zero-order chi connectivity index (χ0) is 18.8. The third kappa shape index (κ3) is 33.8. The van der Waals surface area contributed by atoms with E-state index in [2.05, 4.69) is 37.4 Å². The largest absolute Gasteiger partial charge is 4.00 e. The van der Waals surface area contributed by atoms with Crippen LogP contribution < -0.4 is 5.19 Å². The molecule has 140 valence electrons. The molecule has 24 heavy (non-hydrogen) atoms. The average molecular weight is 518 g/mol. The van der Waals surface area contributed by atoms with Crippen molar-refractivity contribution in [2.45, 2.75) is 92.0 Å². The topological polar surface area (TPSA) is 71.4 Å². The normalized spacial score (nSPS) is 12.8. The van der Waals surface area contributed by atoms with Gasteiger partial charge in [0.05, 0.1) is 0 Å². The second kappa shape index (κ2) is 23.3. The summed E-state index contributed by atoms with van der Waals surface area (Å²) in [6, 6.07) is 9.07. The van der Waals surface area contributed by atoms with Gasteiger partial charge in [-0.2, -0.15) is 17.3 Å². The molecular formula is C19H41HfN3Si. The van der Waals surface area contributed by atoms with Crippen molar-refractivity contribution < 1.29 is 25.8 Å². The fourth-order valence-electron chi connectivity index (χ4n) is 0.774. The minimum Gasteiger partial charge on any atom is -0.675 e. The number of nitrogens with one attached hydrogen (secondary N) is 3. The molecule has 0 saturated carbocycles. The van der Waals surface area contributed by atoms with Gasteiger partial charge in [0.25, 0.3) is 0 Å². The molecule has 0 spiro atoms. The van der Waals surface area contributed by atoms with Crippen LogP contribution in [0.15, 0.2) is 24.3 Å². The molecule has 1 aromatic carbocycles. The first-order chi connectivity index (χ1) is 10.6. The van der Waals surface area contributed by atoms with E-state index in [-0.39, 0.29) is 44.0 Å². The number of hydrogen-bond donors (Lipinski definition) is 0. The van der Waals surface area contributed by atoms with Crippen LogP contribution in [0, 0.1) is 0 Å². The summed E-state index contributed by atoms with van der Waals surface area (Å²) in [4.78, 5) is 0. The minimum atomic E-state index is -0.480. The van der Waals surface area contributed by atoms with Crippen LogP contribution in [0.25, 0.3) is 17.2 Å². The molecular weight excluding hydrogens is 477 g/mol. The molecule has 0 fully saturated rings. The van der Waals surface area contributed by atoms with Crippen molar-refractivity contribution in [2.24, 2.45) is 0 Å². The first-order valence-corrected chi connectivity index (χ1v) is 11.9. The van der Waals surface area contributed by atoms with Gasteiger partial charge in [0.2, 0.25) is 0 Å². The Kier molecular flexibility index (Phi) is 31.1. The Bertz CT molecular complexity index is 281. The van der Waals surface area contributed by atoms with Crippen LogP contribution >= 0.6 is 0 Å². The van der Waals surface area contributed by atoms with Gasteiger partial charge in [-0.05, 0) is 0 Å².